The quantitative estimate of drug-likeness (QED) is 0.377. The maximum Gasteiger partial charge on any atom is 0.264 e. The fourth-order valence-corrected chi connectivity index (χ4v) is 7.07. The largest absolute Gasteiger partial charge is 0.471 e. The molecule has 9 nitrogen and oxygen atoms in total. The minimum absolute atomic E-state index is 0.0234. The molecule has 2 aromatic carbocycles. The fraction of sp³-hybridized carbons (Fsp3) is 0.500. The number of benzene rings is 2. The molecule has 1 fully saturated rings. The van der Waals surface area contributed by atoms with Gasteiger partial charge in [0.1, 0.15) is 6.10 Å². The molecule has 3 heterocycles. The molecule has 2 aliphatic rings. The molecule has 3 aromatic rings. The minimum atomic E-state index is -4.10. The number of aromatic nitrogens is 2. The van der Waals surface area contributed by atoms with Crippen LogP contribution >= 0.6 is 0 Å². The smallest absolute Gasteiger partial charge is 0.264 e. The molecule has 44 heavy (non-hydrogen) atoms. The van der Waals surface area contributed by atoms with E-state index in [0.717, 1.165) is 36.1 Å². The third-order valence-corrected chi connectivity index (χ3v) is 9.73. The standard InChI is InChI=1S/C34H45N5O4S/c1-22(2)18-28-29-21-38(15-14-34(5,6)7)16-17-39(28)32(40)25-12-9-13-26(19-25)44(41,42)37-33-35-27(20-30(36-33)43-29)31-23(3)10-8-11-24(31)4/h8-13,19-20,22,28-29H,14-18,21H2,1-7H3,(H,35,36,37)/t28-,29-/m1/s1. The van der Waals surface area contributed by atoms with Gasteiger partial charge in [-0.25, -0.2) is 18.1 Å². The Morgan fingerprint density at radius 1 is 1.02 bits per heavy atom. The highest BCUT2D eigenvalue weighted by Crippen LogP contribution is 2.32. The summed E-state index contributed by atoms with van der Waals surface area (Å²) in [5, 5.41) is 0. The van der Waals surface area contributed by atoms with Gasteiger partial charge in [0.05, 0.1) is 16.6 Å². The first-order valence-corrected chi connectivity index (χ1v) is 17.0. The zero-order chi connectivity index (χ0) is 31.8. The maximum absolute atomic E-state index is 14.2. The van der Waals surface area contributed by atoms with Crippen molar-refractivity contribution in [3.63, 3.8) is 0 Å². The summed E-state index contributed by atoms with van der Waals surface area (Å²) >= 11 is 0. The van der Waals surface area contributed by atoms with Gasteiger partial charge in [-0.2, -0.15) is 4.98 Å². The Kier molecular flexibility index (Phi) is 9.05. The van der Waals surface area contributed by atoms with Crippen molar-refractivity contribution < 1.29 is 17.9 Å². The van der Waals surface area contributed by atoms with E-state index in [9.17, 15) is 13.2 Å². The summed E-state index contributed by atoms with van der Waals surface area (Å²) in [7, 11) is -4.10. The summed E-state index contributed by atoms with van der Waals surface area (Å²) in [6.07, 6.45) is 1.32. The molecule has 2 aliphatic heterocycles. The molecule has 236 valence electrons. The van der Waals surface area contributed by atoms with Gasteiger partial charge >= 0.3 is 0 Å². The van der Waals surface area contributed by atoms with Gasteiger partial charge in [-0.1, -0.05) is 58.9 Å². The van der Waals surface area contributed by atoms with Crippen molar-refractivity contribution in [3.05, 3.63) is 65.2 Å². The van der Waals surface area contributed by atoms with E-state index >= 15 is 0 Å². The van der Waals surface area contributed by atoms with Crippen molar-refractivity contribution in [3.8, 4) is 17.1 Å². The highest BCUT2D eigenvalue weighted by Gasteiger charge is 2.38. The topological polar surface area (TPSA) is 105 Å². The van der Waals surface area contributed by atoms with Crippen molar-refractivity contribution in [1.29, 1.82) is 0 Å². The van der Waals surface area contributed by atoms with Crippen molar-refractivity contribution in [2.45, 2.75) is 78.3 Å². The molecule has 0 aliphatic carbocycles. The molecule has 1 amide bonds. The Morgan fingerprint density at radius 3 is 2.41 bits per heavy atom. The predicted molar refractivity (Wildman–Crippen MR) is 173 cm³/mol. The summed E-state index contributed by atoms with van der Waals surface area (Å²) in [4.78, 5) is 27.7. The summed E-state index contributed by atoms with van der Waals surface area (Å²) < 4.78 is 36.5. The molecule has 1 N–H and O–H groups in total. The summed E-state index contributed by atoms with van der Waals surface area (Å²) in [6.45, 7) is 17.7. The second-order valence-corrected chi connectivity index (χ2v) is 15.5. The lowest BCUT2D eigenvalue weighted by atomic mass is 9.92. The van der Waals surface area contributed by atoms with Crippen LogP contribution in [-0.2, 0) is 10.0 Å². The molecule has 5 rings (SSSR count). The minimum Gasteiger partial charge on any atom is -0.471 e. The summed E-state index contributed by atoms with van der Waals surface area (Å²) in [5.74, 6) is 0.279. The molecule has 0 spiro atoms. The van der Waals surface area contributed by atoms with Gasteiger partial charge in [0.15, 0.2) is 0 Å². The Balaban J connectivity index is 1.70. The van der Waals surface area contributed by atoms with Crippen LogP contribution in [0.25, 0.3) is 11.3 Å². The van der Waals surface area contributed by atoms with Gasteiger partial charge < -0.3 is 9.64 Å². The van der Waals surface area contributed by atoms with Crippen molar-refractivity contribution in [1.82, 2.24) is 19.8 Å². The fourth-order valence-electron chi connectivity index (χ4n) is 6.08. The second kappa shape index (κ2) is 12.5. The number of carbonyl (C=O) groups excluding carboxylic acids is 1. The number of carbonyl (C=O) groups is 1. The maximum atomic E-state index is 14.2. The van der Waals surface area contributed by atoms with Crippen LogP contribution in [0.1, 0.15) is 68.9 Å². The molecule has 6 bridgehead atoms. The normalized spacial score (nSPS) is 20.5. The molecule has 1 aromatic heterocycles. The second-order valence-electron chi connectivity index (χ2n) is 13.8. The summed E-state index contributed by atoms with van der Waals surface area (Å²) in [5.41, 5.74) is 3.96. The Bertz CT molecular complexity index is 1610. The van der Waals surface area contributed by atoms with E-state index in [1.165, 1.54) is 12.1 Å². The average Bonchev–Trinajstić information content (AvgIpc) is 3.09. The van der Waals surface area contributed by atoms with Crippen LogP contribution in [0.5, 0.6) is 5.88 Å². The predicted octanol–water partition coefficient (Wildman–Crippen LogP) is 5.93. The van der Waals surface area contributed by atoms with Gasteiger partial charge in [0.25, 0.3) is 15.9 Å². The first kappa shape index (κ1) is 31.9. The highest BCUT2D eigenvalue weighted by molar-refractivity contribution is 7.92. The number of nitrogens with one attached hydrogen (secondary N) is 1. The lowest BCUT2D eigenvalue weighted by Gasteiger charge is -2.36. The number of ether oxygens (including phenoxy) is 1. The zero-order valence-electron chi connectivity index (χ0n) is 26.9. The number of hydrogen-bond donors (Lipinski definition) is 1. The number of rotatable bonds is 5. The zero-order valence-corrected chi connectivity index (χ0v) is 27.7. The number of nitrogens with zero attached hydrogens (tertiary/aromatic N) is 4. The molecule has 0 unspecified atom stereocenters. The number of anilines is 1. The van der Waals surface area contributed by atoms with Crippen LogP contribution in [0.2, 0.25) is 0 Å². The monoisotopic (exact) mass is 619 g/mol. The van der Waals surface area contributed by atoms with Crippen molar-refractivity contribution in [2.24, 2.45) is 11.3 Å². The molecular weight excluding hydrogens is 574 g/mol. The van der Waals surface area contributed by atoms with Crippen LogP contribution in [0, 0.1) is 25.2 Å². The van der Waals surface area contributed by atoms with E-state index in [-0.39, 0.29) is 40.0 Å². The number of fused-ring (bicyclic) bond motifs is 6. The van der Waals surface area contributed by atoms with Gasteiger partial charge in [0.2, 0.25) is 11.8 Å². The van der Waals surface area contributed by atoms with Crippen molar-refractivity contribution >= 4 is 21.9 Å². The van der Waals surface area contributed by atoms with E-state index < -0.39 is 16.1 Å². The molecule has 0 saturated carbocycles. The molecule has 2 atom stereocenters. The van der Waals surface area contributed by atoms with Crippen LogP contribution in [0.3, 0.4) is 0 Å². The van der Waals surface area contributed by atoms with Gasteiger partial charge in [-0.15, -0.1) is 0 Å². The lowest BCUT2D eigenvalue weighted by Crippen LogP contribution is -2.50. The molecule has 10 heteroatoms. The van der Waals surface area contributed by atoms with Crippen LogP contribution in [0.4, 0.5) is 5.95 Å². The molecule has 0 radical (unpaired) electrons. The van der Waals surface area contributed by atoms with E-state index in [2.05, 4.69) is 54.2 Å². The molecule has 1 saturated heterocycles. The number of sulfonamides is 1. The van der Waals surface area contributed by atoms with Crippen molar-refractivity contribution in [2.75, 3.05) is 30.9 Å². The van der Waals surface area contributed by atoms with Crippen LogP contribution < -0.4 is 9.46 Å². The third-order valence-electron chi connectivity index (χ3n) is 8.41. The lowest BCUT2D eigenvalue weighted by molar-refractivity contribution is 0.0418. The number of hydrogen-bond acceptors (Lipinski definition) is 7. The molecular formula is C34H45N5O4S. The Labute approximate surface area is 262 Å². The SMILES string of the molecule is Cc1cccc(C)c1-c1cc2nc(n1)NS(=O)(=O)c1cccc(c1)C(=O)N1CCN(CCC(C)(C)C)C[C@@H](O2)[C@H]1CC(C)C. The highest BCUT2D eigenvalue weighted by atomic mass is 32.2. The number of amides is 1. The van der Waals surface area contributed by atoms with E-state index in [0.29, 0.717) is 30.9 Å². The van der Waals surface area contributed by atoms with E-state index in [1.807, 2.05) is 36.9 Å². The Morgan fingerprint density at radius 2 is 1.73 bits per heavy atom. The third kappa shape index (κ3) is 7.24. The van der Waals surface area contributed by atoms with Crippen LogP contribution in [0.15, 0.2) is 53.4 Å². The first-order valence-electron chi connectivity index (χ1n) is 15.5. The number of aryl methyl sites for hydroxylation is 2. The van der Waals surface area contributed by atoms with E-state index in [1.54, 1.807) is 18.2 Å². The summed E-state index contributed by atoms with van der Waals surface area (Å²) in [6, 6.07) is 13.8. The average molecular weight is 620 g/mol. The van der Waals surface area contributed by atoms with Gasteiger partial charge in [-0.05, 0) is 73.9 Å². The Hall–Kier alpha value is -3.50. The van der Waals surface area contributed by atoms with E-state index in [4.69, 9.17) is 4.74 Å². The van der Waals surface area contributed by atoms with Gasteiger partial charge in [-0.3, -0.25) is 9.69 Å². The van der Waals surface area contributed by atoms with Gasteiger partial charge in [0, 0.05) is 36.8 Å². The first-order chi connectivity index (χ1) is 20.7. The van der Waals surface area contributed by atoms with Crippen LogP contribution in [-0.4, -0.2) is 72.4 Å².